The van der Waals surface area contributed by atoms with Crippen LogP contribution in [0.2, 0.25) is 5.02 Å². The van der Waals surface area contributed by atoms with Crippen LogP contribution in [-0.2, 0) is 9.53 Å². The summed E-state index contributed by atoms with van der Waals surface area (Å²) >= 11 is 8.78. The number of anilines is 1. The average Bonchev–Trinajstić information content (AvgIpc) is 3.36. The number of hydrogen-bond acceptors (Lipinski definition) is 7. The topological polar surface area (TPSA) is 90.3 Å². The van der Waals surface area contributed by atoms with Crippen molar-refractivity contribution in [2.24, 2.45) is 0 Å². The number of aryl methyl sites for hydroxylation is 2. The summed E-state index contributed by atoms with van der Waals surface area (Å²) in [5.74, 6) is -0.953. The lowest BCUT2D eigenvalue weighted by atomic mass is 10.0. The molecular weight excluding hydrogens is 578 g/mol. The van der Waals surface area contributed by atoms with E-state index in [9.17, 15) is 14.4 Å². The van der Waals surface area contributed by atoms with Gasteiger partial charge in [-0.05, 0) is 50.6 Å². The number of esters is 1. The second kappa shape index (κ2) is 12.3. The normalized spacial score (nSPS) is 11.0. The number of hydrogen-bond donors (Lipinski definition) is 1. The van der Waals surface area contributed by atoms with Crippen molar-refractivity contribution in [2.45, 2.75) is 25.9 Å². The van der Waals surface area contributed by atoms with Gasteiger partial charge < -0.3 is 10.1 Å². The molecule has 0 saturated heterocycles. The van der Waals surface area contributed by atoms with Crippen LogP contribution in [0.3, 0.4) is 0 Å². The Morgan fingerprint density at radius 1 is 1.05 bits per heavy atom. The van der Waals surface area contributed by atoms with Crippen molar-refractivity contribution < 1.29 is 14.3 Å². The van der Waals surface area contributed by atoms with Crippen LogP contribution in [0.15, 0.2) is 82.1 Å². The fourth-order valence-corrected chi connectivity index (χ4v) is 6.51. The summed E-state index contributed by atoms with van der Waals surface area (Å²) in [7, 11) is 0. The molecule has 2 heterocycles. The summed E-state index contributed by atoms with van der Waals surface area (Å²) < 4.78 is 6.85. The lowest BCUT2D eigenvalue weighted by molar-refractivity contribution is -0.113. The summed E-state index contributed by atoms with van der Waals surface area (Å²) in [5.41, 5.74) is 4.54. The van der Waals surface area contributed by atoms with Crippen LogP contribution in [0.1, 0.15) is 28.4 Å². The molecule has 0 bridgehead atoms. The van der Waals surface area contributed by atoms with Gasteiger partial charge in [0.15, 0.2) is 5.16 Å². The van der Waals surface area contributed by atoms with Crippen molar-refractivity contribution >= 4 is 62.5 Å². The number of para-hydroxylation sites is 1. The van der Waals surface area contributed by atoms with Gasteiger partial charge in [0.05, 0.1) is 29.0 Å². The first kappa shape index (κ1) is 28.6. The van der Waals surface area contributed by atoms with Crippen LogP contribution in [0, 0.1) is 13.8 Å². The first-order chi connectivity index (χ1) is 19.8. The van der Waals surface area contributed by atoms with Crippen LogP contribution in [0.25, 0.3) is 27.7 Å². The molecular formula is C31H26ClN3O4S2. The van der Waals surface area contributed by atoms with E-state index in [2.05, 4.69) is 5.32 Å². The minimum absolute atomic E-state index is 0.0444. The first-order valence-corrected chi connectivity index (χ1v) is 15.1. The van der Waals surface area contributed by atoms with Crippen LogP contribution in [0.5, 0.6) is 0 Å². The Morgan fingerprint density at radius 3 is 2.56 bits per heavy atom. The Labute approximate surface area is 250 Å². The third-order valence-corrected chi connectivity index (χ3v) is 8.52. The molecule has 0 aliphatic heterocycles. The van der Waals surface area contributed by atoms with Crippen molar-refractivity contribution in [3.8, 4) is 16.8 Å². The van der Waals surface area contributed by atoms with Gasteiger partial charge in [-0.3, -0.25) is 14.2 Å². The number of thioether (sulfide) groups is 1. The van der Waals surface area contributed by atoms with Crippen molar-refractivity contribution in [3.05, 3.63) is 104 Å². The Morgan fingerprint density at radius 2 is 1.80 bits per heavy atom. The van der Waals surface area contributed by atoms with Gasteiger partial charge in [0.2, 0.25) is 5.91 Å². The highest BCUT2D eigenvalue weighted by Crippen LogP contribution is 2.39. The highest BCUT2D eigenvalue weighted by atomic mass is 35.5. The van der Waals surface area contributed by atoms with Gasteiger partial charge in [-0.25, -0.2) is 9.78 Å². The molecule has 7 nitrogen and oxygen atoms in total. The summed E-state index contributed by atoms with van der Waals surface area (Å²) in [6, 6.07) is 20.2. The molecule has 0 aliphatic rings. The third-order valence-electron chi connectivity index (χ3n) is 6.36. The standard InChI is InChI=1S/C31H26ClN3O4S2/c1-4-39-30(38)27-22(20-9-5-7-11-23(20)32)16-40-28(27)34-26(36)17-41-31-33-24-12-8-6-10-21(24)29(37)35(31)25-14-13-18(2)15-19(25)3/h5-16H,4,17H2,1-3H3,(H,34,36). The quantitative estimate of drug-likeness (QED) is 0.114. The molecule has 0 spiro atoms. The number of amides is 1. The van der Waals surface area contributed by atoms with Crippen LogP contribution in [-0.4, -0.2) is 33.8 Å². The maximum Gasteiger partial charge on any atom is 0.341 e. The zero-order chi connectivity index (χ0) is 29.1. The molecule has 5 rings (SSSR count). The molecule has 0 saturated carbocycles. The lowest BCUT2D eigenvalue weighted by Gasteiger charge is -2.15. The van der Waals surface area contributed by atoms with E-state index in [-0.39, 0.29) is 29.4 Å². The number of carbonyl (C=O) groups excluding carboxylic acids is 2. The predicted molar refractivity (Wildman–Crippen MR) is 167 cm³/mol. The number of thiophene rings is 1. The molecule has 0 fully saturated rings. The molecule has 2 aromatic heterocycles. The lowest BCUT2D eigenvalue weighted by Crippen LogP contribution is -2.23. The molecule has 5 aromatic rings. The van der Waals surface area contributed by atoms with E-state index in [0.717, 1.165) is 22.9 Å². The predicted octanol–water partition coefficient (Wildman–Crippen LogP) is 7.29. The number of fused-ring (bicyclic) bond motifs is 1. The molecule has 1 N–H and O–H groups in total. The number of halogens is 1. The van der Waals surface area contributed by atoms with Crippen molar-refractivity contribution in [1.29, 1.82) is 0 Å². The summed E-state index contributed by atoms with van der Waals surface area (Å²) in [6.07, 6.45) is 0. The minimum Gasteiger partial charge on any atom is -0.462 e. The third kappa shape index (κ3) is 5.93. The number of carbonyl (C=O) groups is 2. The molecule has 208 valence electrons. The van der Waals surface area contributed by atoms with E-state index >= 15 is 0 Å². The summed E-state index contributed by atoms with van der Waals surface area (Å²) in [5, 5.41) is 6.37. The minimum atomic E-state index is -0.550. The molecule has 0 radical (unpaired) electrons. The Kier molecular flexibility index (Phi) is 8.58. The zero-order valence-corrected chi connectivity index (χ0v) is 25.0. The van der Waals surface area contributed by atoms with Crippen LogP contribution >= 0.6 is 34.7 Å². The maximum atomic E-state index is 13.6. The van der Waals surface area contributed by atoms with Crippen LogP contribution in [0.4, 0.5) is 5.00 Å². The smallest absolute Gasteiger partial charge is 0.341 e. The second-order valence-corrected chi connectivity index (χ2v) is 11.5. The Bertz CT molecular complexity index is 1850. The largest absolute Gasteiger partial charge is 0.462 e. The summed E-state index contributed by atoms with van der Waals surface area (Å²) in [6.45, 7) is 5.84. The van der Waals surface area contributed by atoms with Gasteiger partial charge in [0.1, 0.15) is 10.6 Å². The maximum absolute atomic E-state index is 13.6. The van der Waals surface area contributed by atoms with Crippen molar-refractivity contribution in [3.63, 3.8) is 0 Å². The van der Waals surface area contributed by atoms with E-state index in [4.69, 9.17) is 21.3 Å². The zero-order valence-electron chi connectivity index (χ0n) is 22.6. The van der Waals surface area contributed by atoms with Gasteiger partial charge in [0, 0.05) is 21.5 Å². The SMILES string of the molecule is CCOC(=O)c1c(-c2ccccc2Cl)csc1NC(=O)CSc1nc2ccccc2c(=O)n1-c1ccc(C)cc1C. The number of ether oxygens (including phenoxy) is 1. The van der Waals surface area contributed by atoms with E-state index < -0.39 is 5.97 Å². The highest BCUT2D eigenvalue weighted by Gasteiger charge is 2.24. The number of aromatic nitrogens is 2. The number of benzene rings is 3. The molecule has 0 unspecified atom stereocenters. The monoisotopic (exact) mass is 603 g/mol. The molecule has 0 aliphatic carbocycles. The number of rotatable bonds is 8. The summed E-state index contributed by atoms with van der Waals surface area (Å²) in [4.78, 5) is 44.5. The first-order valence-electron chi connectivity index (χ1n) is 12.8. The van der Waals surface area contributed by atoms with Crippen LogP contribution < -0.4 is 10.9 Å². The fourth-order valence-electron chi connectivity index (χ4n) is 4.50. The van der Waals surface area contributed by atoms with E-state index in [0.29, 0.717) is 42.9 Å². The van der Waals surface area contributed by atoms with Gasteiger partial charge in [-0.2, -0.15) is 0 Å². The van der Waals surface area contributed by atoms with E-state index in [1.165, 1.54) is 11.3 Å². The Hall–Kier alpha value is -3.92. The van der Waals surface area contributed by atoms with Crippen molar-refractivity contribution in [1.82, 2.24) is 9.55 Å². The number of nitrogens with one attached hydrogen (secondary N) is 1. The number of nitrogens with zero attached hydrogens (tertiary/aromatic N) is 2. The highest BCUT2D eigenvalue weighted by molar-refractivity contribution is 7.99. The molecule has 3 aromatic carbocycles. The van der Waals surface area contributed by atoms with Gasteiger partial charge in [-0.15, -0.1) is 11.3 Å². The van der Waals surface area contributed by atoms with Gasteiger partial charge in [-0.1, -0.05) is 71.4 Å². The molecule has 10 heteroatoms. The van der Waals surface area contributed by atoms with E-state index in [1.807, 2.05) is 50.2 Å². The van der Waals surface area contributed by atoms with Gasteiger partial charge in [0.25, 0.3) is 5.56 Å². The molecule has 41 heavy (non-hydrogen) atoms. The fraction of sp³-hybridized carbons (Fsp3) is 0.161. The van der Waals surface area contributed by atoms with E-state index in [1.54, 1.807) is 47.2 Å². The second-order valence-electron chi connectivity index (χ2n) is 9.23. The Balaban J connectivity index is 1.47. The molecule has 0 atom stereocenters. The molecule has 1 amide bonds. The van der Waals surface area contributed by atoms with Gasteiger partial charge >= 0.3 is 5.97 Å². The average molecular weight is 604 g/mol. The van der Waals surface area contributed by atoms with Crippen molar-refractivity contribution in [2.75, 3.05) is 17.7 Å².